The van der Waals surface area contributed by atoms with Crippen molar-refractivity contribution in [3.05, 3.63) is 35.4 Å². The first-order chi connectivity index (χ1) is 7.58. The zero-order chi connectivity index (χ0) is 11.7. The number of carbonyl (C=O) groups is 2. The Bertz CT molecular complexity index is 439. The van der Waals surface area contributed by atoms with Gasteiger partial charge in [0.1, 0.15) is 11.6 Å². The summed E-state index contributed by atoms with van der Waals surface area (Å²) in [5.74, 6) is -2.91. The standard InChI is InChI=1S/C11H9F2NO2/c12-8-2-1-3-9(13)7(8)4-6-5-10(15)14-11(6)16/h1-3,6H,4-5H2,(H,14,15,16). The van der Waals surface area contributed by atoms with Gasteiger partial charge in [-0.2, -0.15) is 0 Å². The van der Waals surface area contributed by atoms with Crippen LogP contribution in [0, 0.1) is 17.6 Å². The van der Waals surface area contributed by atoms with Crippen LogP contribution in [0.3, 0.4) is 0 Å². The third-order valence-corrected chi connectivity index (χ3v) is 2.58. The highest BCUT2D eigenvalue weighted by Crippen LogP contribution is 2.21. The zero-order valence-corrected chi connectivity index (χ0v) is 8.30. The Hall–Kier alpha value is -1.78. The molecule has 1 unspecified atom stereocenters. The number of amides is 2. The third kappa shape index (κ3) is 1.93. The highest BCUT2D eigenvalue weighted by atomic mass is 19.1. The molecule has 3 nitrogen and oxygen atoms in total. The SMILES string of the molecule is O=C1CC(Cc2c(F)cccc2F)C(=O)N1. The van der Waals surface area contributed by atoms with Gasteiger partial charge in [0.2, 0.25) is 11.8 Å². The monoisotopic (exact) mass is 225 g/mol. The molecule has 0 bridgehead atoms. The maximum absolute atomic E-state index is 13.3. The van der Waals surface area contributed by atoms with Crippen LogP contribution in [0.1, 0.15) is 12.0 Å². The maximum atomic E-state index is 13.3. The molecule has 1 saturated heterocycles. The average molecular weight is 225 g/mol. The highest BCUT2D eigenvalue weighted by Gasteiger charge is 2.31. The van der Waals surface area contributed by atoms with Crippen molar-refractivity contribution in [1.82, 2.24) is 5.32 Å². The van der Waals surface area contributed by atoms with E-state index in [1.165, 1.54) is 6.07 Å². The Morgan fingerprint density at radius 1 is 1.25 bits per heavy atom. The molecule has 84 valence electrons. The summed E-state index contributed by atoms with van der Waals surface area (Å²) >= 11 is 0. The van der Waals surface area contributed by atoms with Crippen molar-refractivity contribution in [2.75, 3.05) is 0 Å². The van der Waals surface area contributed by atoms with E-state index in [-0.39, 0.29) is 18.4 Å². The lowest BCUT2D eigenvalue weighted by Gasteiger charge is -2.07. The molecule has 1 fully saturated rings. The number of benzene rings is 1. The third-order valence-electron chi connectivity index (χ3n) is 2.58. The van der Waals surface area contributed by atoms with Crippen LogP contribution in [0.15, 0.2) is 18.2 Å². The predicted octanol–water partition coefficient (Wildman–Crippen LogP) is 1.17. The molecule has 1 aromatic rings. The maximum Gasteiger partial charge on any atom is 0.230 e. The van der Waals surface area contributed by atoms with E-state index >= 15 is 0 Å². The first-order valence-corrected chi connectivity index (χ1v) is 4.84. The lowest BCUT2D eigenvalue weighted by Crippen LogP contribution is -2.23. The Morgan fingerprint density at radius 3 is 2.38 bits per heavy atom. The second kappa shape index (κ2) is 4.00. The van der Waals surface area contributed by atoms with E-state index in [4.69, 9.17) is 0 Å². The summed E-state index contributed by atoms with van der Waals surface area (Å²) in [6.07, 6.45) is -0.0946. The van der Waals surface area contributed by atoms with Gasteiger partial charge in [-0.05, 0) is 18.6 Å². The minimum Gasteiger partial charge on any atom is -0.296 e. The van der Waals surface area contributed by atoms with Crippen LogP contribution in [0.5, 0.6) is 0 Å². The molecule has 0 aliphatic carbocycles. The Kier molecular flexibility index (Phi) is 2.68. The molecule has 5 heteroatoms. The van der Waals surface area contributed by atoms with Crippen LogP contribution in [0.4, 0.5) is 8.78 Å². The van der Waals surface area contributed by atoms with Gasteiger partial charge >= 0.3 is 0 Å². The van der Waals surface area contributed by atoms with E-state index in [9.17, 15) is 18.4 Å². The van der Waals surface area contributed by atoms with Gasteiger partial charge in [0.25, 0.3) is 0 Å². The number of hydrogen-bond acceptors (Lipinski definition) is 2. The van der Waals surface area contributed by atoms with E-state index in [0.29, 0.717) is 0 Å². The number of hydrogen-bond donors (Lipinski definition) is 1. The summed E-state index contributed by atoms with van der Waals surface area (Å²) in [6, 6.07) is 3.52. The first-order valence-electron chi connectivity index (χ1n) is 4.84. The molecular weight excluding hydrogens is 216 g/mol. The smallest absolute Gasteiger partial charge is 0.230 e. The van der Waals surface area contributed by atoms with Crippen molar-refractivity contribution in [3.8, 4) is 0 Å². The normalized spacial score (nSPS) is 20.0. The number of nitrogens with one attached hydrogen (secondary N) is 1. The molecule has 1 N–H and O–H groups in total. The molecule has 1 heterocycles. The fourth-order valence-electron chi connectivity index (χ4n) is 1.75. The van der Waals surface area contributed by atoms with Gasteiger partial charge in [-0.15, -0.1) is 0 Å². The molecule has 0 saturated carbocycles. The van der Waals surface area contributed by atoms with Crippen LogP contribution in [-0.2, 0) is 16.0 Å². The quantitative estimate of drug-likeness (QED) is 0.768. The lowest BCUT2D eigenvalue weighted by atomic mass is 9.97. The minimum absolute atomic E-state index is 0.00733. The number of halogens is 2. The van der Waals surface area contributed by atoms with Gasteiger partial charge in [-0.3, -0.25) is 14.9 Å². The van der Waals surface area contributed by atoms with Crippen LogP contribution in [0.2, 0.25) is 0 Å². The Balaban J connectivity index is 2.21. The first kappa shape index (κ1) is 10.7. The van der Waals surface area contributed by atoms with E-state index in [2.05, 4.69) is 5.32 Å². The average Bonchev–Trinajstić information content (AvgIpc) is 2.51. The van der Waals surface area contributed by atoms with Crippen LogP contribution < -0.4 is 5.32 Å². The van der Waals surface area contributed by atoms with Gasteiger partial charge in [0.05, 0.1) is 5.92 Å². The van der Waals surface area contributed by atoms with Gasteiger partial charge in [0.15, 0.2) is 0 Å². The van der Waals surface area contributed by atoms with Crippen molar-refractivity contribution in [2.45, 2.75) is 12.8 Å². The van der Waals surface area contributed by atoms with E-state index in [1.54, 1.807) is 0 Å². The van der Waals surface area contributed by atoms with Crippen molar-refractivity contribution in [1.29, 1.82) is 0 Å². The zero-order valence-electron chi connectivity index (χ0n) is 8.30. The summed E-state index contributed by atoms with van der Waals surface area (Å²) in [7, 11) is 0. The highest BCUT2D eigenvalue weighted by molar-refractivity contribution is 6.03. The molecule has 0 spiro atoms. The molecule has 1 aromatic carbocycles. The Morgan fingerprint density at radius 2 is 1.88 bits per heavy atom. The molecular formula is C11H9F2NO2. The van der Waals surface area contributed by atoms with Crippen molar-refractivity contribution < 1.29 is 18.4 Å². The van der Waals surface area contributed by atoms with Gasteiger partial charge < -0.3 is 0 Å². The van der Waals surface area contributed by atoms with Crippen molar-refractivity contribution in [3.63, 3.8) is 0 Å². The second-order valence-corrected chi connectivity index (χ2v) is 3.72. The fourth-order valence-corrected chi connectivity index (χ4v) is 1.75. The number of imide groups is 1. The molecule has 2 rings (SSSR count). The number of rotatable bonds is 2. The van der Waals surface area contributed by atoms with Gasteiger partial charge in [-0.1, -0.05) is 6.07 Å². The Labute approximate surface area is 90.5 Å². The van der Waals surface area contributed by atoms with Crippen molar-refractivity contribution >= 4 is 11.8 Å². The summed E-state index contributed by atoms with van der Waals surface area (Å²) in [5, 5.41) is 2.10. The molecule has 2 amide bonds. The summed E-state index contributed by atoms with van der Waals surface area (Å²) in [6.45, 7) is 0. The fraction of sp³-hybridized carbons (Fsp3) is 0.273. The number of carbonyl (C=O) groups excluding carboxylic acids is 2. The minimum atomic E-state index is -0.688. The molecule has 0 aromatic heterocycles. The van der Waals surface area contributed by atoms with Crippen LogP contribution in [0.25, 0.3) is 0 Å². The van der Waals surface area contributed by atoms with E-state index < -0.39 is 29.4 Å². The van der Waals surface area contributed by atoms with Gasteiger partial charge in [0, 0.05) is 12.0 Å². The summed E-state index contributed by atoms with van der Waals surface area (Å²) < 4.78 is 26.5. The second-order valence-electron chi connectivity index (χ2n) is 3.72. The molecule has 1 aliphatic rings. The van der Waals surface area contributed by atoms with E-state index in [0.717, 1.165) is 12.1 Å². The molecule has 1 atom stereocenters. The summed E-state index contributed by atoms with van der Waals surface area (Å²) in [4.78, 5) is 22.1. The molecule has 0 radical (unpaired) electrons. The van der Waals surface area contributed by atoms with E-state index in [1.807, 2.05) is 0 Å². The summed E-state index contributed by atoms with van der Waals surface area (Å²) in [5.41, 5.74) is -0.141. The van der Waals surface area contributed by atoms with Crippen LogP contribution >= 0.6 is 0 Å². The predicted molar refractivity (Wildman–Crippen MR) is 51.3 cm³/mol. The topological polar surface area (TPSA) is 46.2 Å². The largest absolute Gasteiger partial charge is 0.296 e. The van der Waals surface area contributed by atoms with Crippen molar-refractivity contribution in [2.24, 2.45) is 5.92 Å². The molecule has 1 aliphatic heterocycles. The van der Waals surface area contributed by atoms with Gasteiger partial charge in [-0.25, -0.2) is 8.78 Å². The lowest BCUT2D eigenvalue weighted by molar-refractivity contribution is -0.125. The van der Waals surface area contributed by atoms with Crippen LogP contribution in [-0.4, -0.2) is 11.8 Å². The molecule has 16 heavy (non-hydrogen) atoms.